The fourth-order valence-corrected chi connectivity index (χ4v) is 3.09. The summed E-state index contributed by atoms with van der Waals surface area (Å²) in [5.74, 6) is 1.70. The van der Waals surface area contributed by atoms with Crippen molar-refractivity contribution in [3.8, 4) is 0 Å². The highest BCUT2D eigenvalue weighted by molar-refractivity contribution is 5.43. The zero-order valence-corrected chi connectivity index (χ0v) is 13.6. The number of hydrogen-bond acceptors (Lipinski definition) is 2. The third-order valence-corrected chi connectivity index (χ3v) is 3.94. The summed E-state index contributed by atoms with van der Waals surface area (Å²) >= 11 is 0. The quantitative estimate of drug-likeness (QED) is 0.738. The van der Waals surface area contributed by atoms with Crippen LogP contribution in [0, 0.1) is 17.8 Å². The molecule has 0 aromatic carbocycles. The Morgan fingerprint density at radius 2 is 1.11 bits per heavy atom. The lowest BCUT2D eigenvalue weighted by Crippen LogP contribution is -2.42. The third kappa shape index (κ3) is 2.43. The van der Waals surface area contributed by atoms with Gasteiger partial charge < -0.3 is 0 Å². The monoisotopic (exact) mass is 250 g/mol. The molecule has 1 aliphatic heterocycles. The lowest BCUT2D eigenvalue weighted by molar-refractivity contribution is 0.0826. The van der Waals surface area contributed by atoms with Crippen LogP contribution in [0.4, 0.5) is 0 Å². The first-order chi connectivity index (χ1) is 8.20. The van der Waals surface area contributed by atoms with E-state index in [0.29, 0.717) is 17.8 Å². The summed E-state index contributed by atoms with van der Waals surface area (Å²) < 4.78 is 0. The van der Waals surface area contributed by atoms with Crippen LogP contribution in [0.5, 0.6) is 0 Å². The Balaban J connectivity index is 3.53. The van der Waals surface area contributed by atoms with Crippen LogP contribution in [0.2, 0.25) is 0 Å². The van der Waals surface area contributed by atoms with E-state index in [1.165, 1.54) is 17.0 Å². The van der Waals surface area contributed by atoms with Gasteiger partial charge in [-0.2, -0.15) is 0 Å². The van der Waals surface area contributed by atoms with Gasteiger partial charge in [0.2, 0.25) is 0 Å². The molecule has 1 rings (SSSR count). The zero-order valence-electron chi connectivity index (χ0n) is 13.6. The maximum atomic E-state index is 2.32. The van der Waals surface area contributed by atoms with E-state index in [9.17, 15) is 0 Å². The van der Waals surface area contributed by atoms with Crippen LogP contribution in [0.15, 0.2) is 22.5 Å². The number of hydrogen-bond donors (Lipinski definition) is 0. The SMILES string of the molecule is CC1=C(C(C)C)C(C(C)C)=C(C(C)C)N(C)N1C. The lowest BCUT2D eigenvalue weighted by Gasteiger charge is -2.45. The molecule has 0 N–H and O–H groups in total. The van der Waals surface area contributed by atoms with E-state index < -0.39 is 0 Å². The minimum atomic E-state index is 0.552. The van der Waals surface area contributed by atoms with Gasteiger partial charge in [-0.05, 0) is 35.8 Å². The van der Waals surface area contributed by atoms with Crippen molar-refractivity contribution >= 4 is 0 Å². The molecule has 18 heavy (non-hydrogen) atoms. The number of rotatable bonds is 3. The van der Waals surface area contributed by atoms with Crippen LogP contribution in [-0.4, -0.2) is 24.1 Å². The maximum absolute atomic E-state index is 2.32. The Kier molecular flexibility index (Phi) is 4.52. The van der Waals surface area contributed by atoms with Crippen molar-refractivity contribution in [3.63, 3.8) is 0 Å². The molecule has 0 aromatic heterocycles. The largest absolute Gasteiger partial charge is 0.293 e. The molecule has 104 valence electrons. The standard InChI is InChI=1S/C16H30N2/c1-10(2)14-13(7)17(8)18(9)16(12(5)6)15(14)11(3)4/h10-12H,1-9H3. The van der Waals surface area contributed by atoms with E-state index in [-0.39, 0.29) is 0 Å². The van der Waals surface area contributed by atoms with Crippen molar-refractivity contribution < 1.29 is 0 Å². The first kappa shape index (κ1) is 15.1. The summed E-state index contributed by atoms with van der Waals surface area (Å²) in [4.78, 5) is 0. The van der Waals surface area contributed by atoms with Gasteiger partial charge in [0.1, 0.15) is 0 Å². The highest BCUT2D eigenvalue weighted by Gasteiger charge is 2.30. The normalized spacial score (nSPS) is 18.0. The Morgan fingerprint density at radius 3 is 1.44 bits per heavy atom. The first-order valence-electron chi connectivity index (χ1n) is 7.12. The van der Waals surface area contributed by atoms with Gasteiger partial charge in [-0.15, -0.1) is 0 Å². The Hall–Kier alpha value is -0.920. The zero-order chi connectivity index (χ0) is 14.2. The maximum Gasteiger partial charge on any atom is 0.0408 e. The van der Waals surface area contributed by atoms with E-state index in [0.717, 1.165) is 0 Å². The molecule has 0 radical (unpaired) electrons. The number of nitrogens with zero attached hydrogens (tertiary/aromatic N) is 2. The fraction of sp³-hybridized carbons (Fsp3) is 0.750. The molecule has 0 saturated heterocycles. The van der Waals surface area contributed by atoms with Gasteiger partial charge in [0.25, 0.3) is 0 Å². The molecule has 0 saturated carbocycles. The minimum Gasteiger partial charge on any atom is -0.293 e. The average Bonchev–Trinajstić information content (AvgIpc) is 2.23. The van der Waals surface area contributed by atoms with Gasteiger partial charge in [-0.3, -0.25) is 10.0 Å². The molecule has 0 unspecified atom stereocenters. The van der Waals surface area contributed by atoms with Crippen LogP contribution in [-0.2, 0) is 0 Å². The summed E-state index contributed by atoms with van der Waals surface area (Å²) in [5, 5.41) is 4.61. The predicted molar refractivity (Wildman–Crippen MR) is 79.8 cm³/mol. The van der Waals surface area contributed by atoms with Crippen LogP contribution in [0.3, 0.4) is 0 Å². The van der Waals surface area contributed by atoms with Crippen molar-refractivity contribution in [2.45, 2.75) is 48.5 Å². The van der Waals surface area contributed by atoms with E-state index >= 15 is 0 Å². The summed E-state index contributed by atoms with van der Waals surface area (Å²) in [5.41, 5.74) is 5.95. The van der Waals surface area contributed by atoms with Crippen molar-refractivity contribution in [3.05, 3.63) is 22.5 Å². The topological polar surface area (TPSA) is 6.48 Å². The highest BCUT2D eigenvalue weighted by atomic mass is 15.6. The summed E-state index contributed by atoms with van der Waals surface area (Å²) in [6.45, 7) is 16.1. The van der Waals surface area contributed by atoms with Gasteiger partial charge in [0, 0.05) is 25.5 Å². The summed E-state index contributed by atoms with van der Waals surface area (Å²) in [6.07, 6.45) is 0. The molecular formula is C16H30N2. The van der Waals surface area contributed by atoms with E-state index in [2.05, 4.69) is 72.6 Å². The van der Waals surface area contributed by atoms with Crippen LogP contribution < -0.4 is 0 Å². The Bertz CT molecular complexity index is 373. The summed E-state index contributed by atoms with van der Waals surface area (Å²) in [7, 11) is 4.34. The molecule has 0 atom stereocenters. The molecular weight excluding hydrogens is 220 g/mol. The average molecular weight is 250 g/mol. The minimum absolute atomic E-state index is 0.552. The van der Waals surface area contributed by atoms with Gasteiger partial charge in [-0.25, -0.2) is 0 Å². The molecule has 0 amide bonds. The Labute approximate surface area is 113 Å². The van der Waals surface area contributed by atoms with E-state index in [1.54, 1.807) is 5.57 Å². The fourth-order valence-electron chi connectivity index (χ4n) is 3.09. The predicted octanol–water partition coefficient (Wildman–Crippen LogP) is 4.27. The van der Waals surface area contributed by atoms with Gasteiger partial charge in [0.05, 0.1) is 0 Å². The van der Waals surface area contributed by atoms with Crippen molar-refractivity contribution in [2.75, 3.05) is 14.1 Å². The summed E-state index contributed by atoms with van der Waals surface area (Å²) in [6, 6.07) is 0. The number of hydrazine groups is 1. The second kappa shape index (κ2) is 5.38. The van der Waals surface area contributed by atoms with E-state index in [4.69, 9.17) is 0 Å². The molecule has 0 bridgehead atoms. The molecule has 0 aliphatic carbocycles. The Morgan fingerprint density at radius 1 is 0.667 bits per heavy atom. The van der Waals surface area contributed by atoms with Crippen molar-refractivity contribution in [1.29, 1.82) is 0 Å². The molecule has 0 fully saturated rings. The highest BCUT2D eigenvalue weighted by Crippen LogP contribution is 2.39. The third-order valence-electron chi connectivity index (χ3n) is 3.94. The van der Waals surface area contributed by atoms with Crippen molar-refractivity contribution in [1.82, 2.24) is 10.0 Å². The van der Waals surface area contributed by atoms with E-state index in [1.807, 2.05) is 0 Å². The van der Waals surface area contributed by atoms with Crippen LogP contribution >= 0.6 is 0 Å². The van der Waals surface area contributed by atoms with Crippen LogP contribution in [0.25, 0.3) is 0 Å². The molecule has 2 heteroatoms. The molecule has 0 aromatic rings. The molecule has 1 heterocycles. The smallest absolute Gasteiger partial charge is 0.0408 e. The van der Waals surface area contributed by atoms with Gasteiger partial charge in [0.15, 0.2) is 0 Å². The lowest BCUT2D eigenvalue weighted by atomic mass is 9.82. The molecule has 1 aliphatic rings. The van der Waals surface area contributed by atoms with Crippen molar-refractivity contribution in [2.24, 2.45) is 17.8 Å². The first-order valence-corrected chi connectivity index (χ1v) is 7.12. The van der Waals surface area contributed by atoms with Gasteiger partial charge >= 0.3 is 0 Å². The second-order valence-corrected chi connectivity index (χ2v) is 6.31. The van der Waals surface area contributed by atoms with Crippen LogP contribution in [0.1, 0.15) is 48.5 Å². The number of allylic oxidation sites excluding steroid dienone is 4. The molecule has 2 nitrogen and oxygen atoms in total. The second-order valence-electron chi connectivity index (χ2n) is 6.31. The molecule has 0 spiro atoms. The van der Waals surface area contributed by atoms with Gasteiger partial charge in [-0.1, -0.05) is 41.5 Å².